The predicted octanol–water partition coefficient (Wildman–Crippen LogP) is 2.84. The first-order valence-electron chi connectivity index (χ1n) is 4.27. The van der Waals surface area contributed by atoms with Gasteiger partial charge in [-0.05, 0) is 6.42 Å². The zero-order valence-electron chi connectivity index (χ0n) is 7.48. The Kier molecular flexibility index (Phi) is 6.65. The quantitative estimate of drug-likeness (QED) is 0.540. The summed E-state index contributed by atoms with van der Waals surface area (Å²) in [6.45, 7) is 4.20. The SMILES string of the molecule is C#CC(CC#CCC)CCC. The van der Waals surface area contributed by atoms with Crippen LogP contribution in [0.3, 0.4) is 0 Å². The van der Waals surface area contributed by atoms with Crippen LogP contribution in [0, 0.1) is 30.1 Å². The van der Waals surface area contributed by atoms with Crippen LogP contribution in [-0.4, -0.2) is 0 Å². The van der Waals surface area contributed by atoms with Crippen molar-refractivity contribution in [3.05, 3.63) is 0 Å². The Morgan fingerprint density at radius 2 is 2.00 bits per heavy atom. The molecule has 0 fully saturated rings. The Morgan fingerprint density at radius 3 is 2.45 bits per heavy atom. The summed E-state index contributed by atoms with van der Waals surface area (Å²) in [5.41, 5.74) is 0. The lowest BCUT2D eigenvalue weighted by molar-refractivity contribution is 0.615. The van der Waals surface area contributed by atoms with Crippen molar-refractivity contribution < 1.29 is 0 Å². The van der Waals surface area contributed by atoms with E-state index in [4.69, 9.17) is 6.42 Å². The highest BCUT2D eigenvalue weighted by atomic mass is 14.0. The van der Waals surface area contributed by atoms with Gasteiger partial charge in [-0.2, -0.15) is 0 Å². The first-order chi connectivity index (χ1) is 5.35. The Bertz CT molecular complexity index is 172. The normalized spacial score (nSPS) is 11.0. The van der Waals surface area contributed by atoms with Crippen molar-refractivity contribution in [1.29, 1.82) is 0 Å². The topological polar surface area (TPSA) is 0 Å². The maximum atomic E-state index is 5.32. The zero-order chi connectivity index (χ0) is 8.53. The standard InChI is InChI=1S/C11H16/c1-4-7-8-10-11(6-3)9-5-2/h3,11H,4-5,9-10H2,1-2H3. The molecule has 1 atom stereocenters. The molecule has 0 aliphatic heterocycles. The zero-order valence-corrected chi connectivity index (χ0v) is 7.48. The molecule has 0 bridgehead atoms. The van der Waals surface area contributed by atoms with Gasteiger partial charge < -0.3 is 0 Å². The molecule has 0 nitrogen and oxygen atoms in total. The van der Waals surface area contributed by atoms with Crippen LogP contribution in [0.1, 0.15) is 39.5 Å². The molecule has 0 spiro atoms. The molecule has 0 saturated carbocycles. The Labute approximate surface area is 70.4 Å². The van der Waals surface area contributed by atoms with Crippen LogP contribution < -0.4 is 0 Å². The second kappa shape index (κ2) is 7.23. The third kappa shape index (κ3) is 5.56. The summed E-state index contributed by atoms with van der Waals surface area (Å²) in [5, 5.41) is 0. The summed E-state index contributed by atoms with van der Waals surface area (Å²) in [4.78, 5) is 0. The minimum Gasteiger partial charge on any atom is -0.120 e. The van der Waals surface area contributed by atoms with E-state index in [0.29, 0.717) is 5.92 Å². The van der Waals surface area contributed by atoms with Gasteiger partial charge in [0.2, 0.25) is 0 Å². The van der Waals surface area contributed by atoms with E-state index in [0.717, 1.165) is 25.7 Å². The van der Waals surface area contributed by atoms with E-state index >= 15 is 0 Å². The lowest BCUT2D eigenvalue weighted by Crippen LogP contribution is -1.93. The highest BCUT2D eigenvalue weighted by molar-refractivity contribution is 5.05. The maximum Gasteiger partial charge on any atom is 0.0309 e. The molecule has 0 aromatic heterocycles. The molecule has 11 heavy (non-hydrogen) atoms. The van der Waals surface area contributed by atoms with Gasteiger partial charge in [-0.1, -0.05) is 20.3 Å². The van der Waals surface area contributed by atoms with Crippen molar-refractivity contribution in [2.24, 2.45) is 5.92 Å². The smallest absolute Gasteiger partial charge is 0.0309 e. The Balaban J connectivity index is 3.62. The van der Waals surface area contributed by atoms with Crippen molar-refractivity contribution in [3.63, 3.8) is 0 Å². The molecule has 0 aliphatic rings. The van der Waals surface area contributed by atoms with Crippen molar-refractivity contribution in [2.75, 3.05) is 0 Å². The van der Waals surface area contributed by atoms with Gasteiger partial charge in [-0.15, -0.1) is 24.2 Å². The van der Waals surface area contributed by atoms with E-state index in [9.17, 15) is 0 Å². The fraction of sp³-hybridized carbons (Fsp3) is 0.636. The minimum absolute atomic E-state index is 0.374. The van der Waals surface area contributed by atoms with Crippen LogP contribution in [-0.2, 0) is 0 Å². The van der Waals surface area contributed by atoms with Gasteiger partial charge >= 0.3 is 0 Å². The molecular formula is C11H16. The van der Waals surface area contributed by atoms with Gasteiger partial charge in [-0.25, -0.2) is 0 Å². The highest BCUT2D eigenvalue weighted by Crippen LogP contribution is 2.08. The summed E-state index contributed by atoms with van der Waals surface area (Å²) >= 11 is 0. The summed E-state index contributed by atoms with van der Waals surface area (Å²) in [6, 6.07) is 0. The Hall–Kier alpha value is -0.880. The third-order valence-electron chi connectivity index (χ3n) is 1.52. The van der Waals surface area contributed by atoms with E-state index in [1.54, 1.807) is 0 Å². The third-order valence-corrected chi connectivity index (χ3v) is 1.52. The van der Waals surface area contributed by atoms with Crippen molar-refractivity contribution in [2.45, 2.75) is 39.5 Å². The second-order valence-electron chi connectivity index (χ2n) is 2.56. The average molecular weight is 148 g/mol. The molecule has 60 valence electrons. The minimum atomic E-state index is 0.374. The van der Waals surface area contributed by atoms with E-state index in [1.165, 1.54) is 0 Å². The molecule has 0 amide bonds. The highest BCUT2D eigenvalue weighted by Gasteiger charge is 1.99. The molecular weight excluding hydrogens is 132 g/mol. The first kappa shape index (κ1) is 10.1. The second-order valence-corrected chi connectivity index (χ2v) is 2.56. The van der Waals surface area contributed by atoms with Crippen LogP contribution in [0.15, 0.2) is 0 Å². The summed E-state index contributed by atoms with van der Waals surface area (Å²) in [6.07, 6.45) is 9.39. The Morgan fingerprint density at radius 1 is 1.27 bits per heavy atom. The van der Waals surface area contributed by atoms with E-state index in [1.807, 2.05) is 0 Å². The molecule has 0 N–H and O–H groups in total. The molecule has 0 saturated heterocycles. The molecule has 0 aromatic rings. The van der Waals surface area contributed by atoms with E-state index in [-0.39, 0.29) is 0 Å². The summed E-state index contributed by atoms with van der Waals surface area (Å²) < 4.78 is 0. The van der Waals surface area contributed by atoms with Crippen molar-refractivity contribution in [3.8, 4) is 24.2 Å². The number of rotatable bonds is 3. The van der Waals surface area contributed by atoms with Crippen LogP contribution in [0.5, 0.6) is 0 Å². The van der Waals surface area contributed by atoms with Gasteiger partial charge in [0.15, 0.2) is 0 Å². The van der Waals surface area contributed by atoms with Gasteiger partial charge in [-0.3, -0.25) is 0 Å². The molecule has 0 aromatic carbocycles. The molecule has 0 radical (unpaired) electrons. The fourth-order valence-corrected chi connectivity index (χ4v) is 0.913. The fourth-order valence-electron chi connectivity index (χ4n) is 0.913. The number of terminal acetylenes is 1. The monoisotopic (exact) mass is 148 g/mol. The molecule has 0 rings (SSSR count). The molecule has 1 unspecified atom stereocenters. The predicted molar refractivity (Wildman–Crippen MR) is 49.9 cm³/mol. The van der Waals surface area contributed by atoms with Gasteiger partial charge in [0.05, 0.1) is 0 Å². The lowest BCUT2D eigenvalue weighted by atomic mass is 10.0. The summed E-state index contributed by atoms with van der Waals surface area (Å²) in [7, 11) is 0. The van der Waals surface area contributed by atoms with Crippen LogP contribution >= 0.6 is 0 Å². The van der Waals surface area contributed by atoms with Gasteiger partial charge in [0.25, 0.3) is 0 Å². The van der Waals surface area contributed by atoms with Crippen LogP contribution in [0.4, 0.5) is 0 Å². The largest absolute Gasteiger partial charge is 0.120 e. The summed E-state index contributed by atoms with van der Waals surface area (Å²) in [5.74, 6) is 9.24. The van der Waals surface area contributed by atoms with Crippen molar-refractivity contribution >= 4 is 0 Å². The number of hydrogen-bond acceptors (Lipinski definition) is 0. The van der Waals surface area contributed by atoms with Crippen LogP contribution in [0.25, 0.3) is 0 Å². The average Bonchev–Trinajstić information content (AvgIpc) is 2.03. The van der Waals surface area contributed by atoms with Crippen molar-refractivity contribution in [1.82, 2.24) is 0 Å². The van der Waals surface area contributed by atoms with Gasteiger partial charge in [0, 0.05) is 18.8 Å². The van der Waals surface area contributed by atoms with Crippen LogP contribution in [0.2, 0.25) is 0 Å². The van der Waals surface area contributed by atoms with E-state index in [2.05, 4.69) is 31.6 Å². The maximum absolute atomic E-state index is 5.32. The van der Waals surface area contributed by atoms with Gasteiger partial charge in [0.1, 0.15) is 0 Å². The lowest BCUT2D eigenvalue weighted by Gasteiger charge is -2.02. The number of hydrogen-bond donors (Lipinski definition) is 0. The first-order valence-corrected chi connectivity index (χ1v) is 4.27. The molecule has 0 heteroatoms. The molecule has 0 aliphatic carbocycles. The van der Waals surface area contributed by atoms with E-state index < -0.39 is 0 Å². The molecule has 0 heterocycles.